The lowest BCUT2D eigenvalue weighted by Gasteiger charge is -2.06. The van der Waals surface area contributed by atoms with E-state index in [-0.39, 0.29) is 6.61 Å². The Morgan fingerprint density at radius 2 is 2.05 bits per heavy atom. The zero-order chi connectivity index (χ0) is 13.1. The summed E-state index contributed by atoms with van der Waals surface area (Å²) in [6.07, 6.45) is 8.83. The Hall–Kier alpha value is -2.07. The first-order chi connectivity index (χ1) is 9.36. The molecule has 3 rings (SSSR count). The summed E-state index contributed by atoms with van der Waals surface area (Å²) >= 11 is 0. The van der Waals surface area contributed by atoms with E-state index < -0.39 is 0 Å². The number of fused-ring (bicyclic) bond motifs is 1. The van der Waals surface area contributed by atoms with Crippen LogP contribution in [-0.2, 0) is 19.7 Å². The molecular weight excluding hydrogens is 238 g/mol. The van der Waals surface area contributed by atoms with E-state index in [1.54, 1.807) is 0 Å². The van der Waals surface area contributed by atoms with Gasteiger partial charge in [0.25, 0.3) is 0 Å². The van der Waals surface area contributed by atoms with Crippen LogP contribution in [-0.4, -0.2) is 19.2 Å². The van der Waals surface area contributed by atoms with Crippen LogP contribution in [0.3, 0.4) is 0 Å². The maximum absolute atomic E-state index is 9.14. The SMILES string of the molecule is OCc1ccc2c(ccn2CCCn2ccnc2)c1. The van der Waals surface area contributed by atoms with Gasteiger partial charge in [0.1, 0.15) is 0 Å². The molecule has 0 bridgehead atoms. The van der Waals surface area contributed by atoms with Crippen molar-refractivity contribution >= 4 is 10.9 Å². The summed E-state index contributed by atoms with van der Waals surface area (Å²) in [5.74, 6) is 0. The van der Waals surface area contributed by atoms with Crippen LogP contribution in [0.5, 0.6) is 0 Å². The fourth-order valence-electron chi connectivity index (χ4n) is 2.39. The van der Waals surface area contributed by atoms with Crippen molar-refractivity contribution in [1.82, 2.24) is 14.1 Å². The summed E-state index contributed by atoms with van der Waals surface area (Å²) in [6, 6.07) is 8.21. The maximum atomic E-state index is 9.14. The standard InChI is InChI=1S/C15H17N3O/c19-11-13-2-3-15-14(10-13)4-8-18(15)7-1-6-17-9-5-16-12-17/h2-5,8-10,12,19H,1,6-7,11H2. The number of imidazole rings is 1. The van der Waals surface area contributed by atoms with Gasteiger partial charge < -0.3 is 14.2 Å². The van der Waals surface area contributed by atoms with Gasteiger partial charge in [-0.05, 0) is 35.6 Å². The third kappa shape index (κ3) is 2.53. The summed E-state index contributed by atoms with van der Waals surface area (Å²) in [5.41, 5.74) is 2.19. The van der Waals surface area contributed by atoms with Gasteiger partial charge in [-0.15, -0.1) is 0 Å². The average molecular weight is 255 g/mol. The van der Waals surface area contributed by atoms with Crippen molar-refractivity contribution in [2.45, 2.75) is 26.1 Å². The zero-order valence-corrected chi connectivity index (χ0v) is 10.7. The minimum absolute atomic E-state index is 0.0990. The number of hydrogen-bond donors (Lipinski definition) is 1. The molecule has 3 aromatic rings. The summed E-state index contributed by atoms with van der Waals surface area (Å²) in [6.45, 7) is 2.07. The highest BCUT2D eigenvalue weighted by molar-refractivity contribution is 5.80. The average Bonchev–Trinajstić information content (AvgIpc) is 3.08. The van der Waals surface area contributed by atoms with E-state index in [4.69, 9.17) is 5.11 Å². The topological polar surface area (TPSA) is 43.0 Å². The van der Waals surface area contributed by atoms with Crippen molar-refractivity contribution in [2.24, 2.45) is 0 Å². The number of aromatic nitrogens is 3. The number of rotatable bonds is 5. The van der Waals surface area contributed by atoms with Gasteiger partial charge in [0, 0.05) is 37.2 Å². The molecule has 0 aliphatic rings. The summed E-state index contributed by atoms with van der Waals surface area (Å²) in [4.78, 5) is 4.04. The van der Waals surface area contributed by atoms with Crippen LogP contribution in [0.25, 0.3) is 10.9 Å². The molecule has 0 spiro atoms. The van der Waals surface area contributed by atoms with Gasteiger partial charge in [-0.25, -0.2) is 4.98 Å². The number of aliphatic hydroxyl groups is 1. The van der Waals surface area contributed by atoms with E-state index in [9.17, 15) is 0 Å². The van der Waals surface area contributed by atoms with Crippen LogP contribution in [0.2, 0.25) is 0 Å². The molecule has 0 fully saturated rings. The molecule has 0 saturated heterocycles. The summed E-state index contributed by atoms with van der Waals surface area (Å²) in [5, 5.41) is 10.3. The van der Waals surface area contributed by atoms with Crippen molar-refractivity contribution in [3.63, 3.8) is 0 Å². The normalized spacial score (nSPS) is 11.2. The molecule has 98 valence electrons. The van der Waals surface area contributed by atoms with E-state index >= 15 is 0 Å². The molecule has 0 radical (unpaired) electrons. The van der Waals surface area contributed by atoms with Crippen LogP contribution >= 0.6 is 0 Å². The molecule has 2 aromatic heterocycles. The monoisotopic (exact) mass is 255 g/mol. The molecule has 0 saturated carbocycles. The molecule has 0 aliphatic heterocycles. The molecule has 19 heavy (non-hydrogen) atoms. The molecule has 0 aliphatic carbocycles. The molecule has 0 amide bonds. The first kappa shape index (κ1) is 12.0. The predicted octanol–water partition coefficient (Wildman–Crippen LogP) is 2.42. The molecule has 2 heterocycles. The molecule has 0 unspecified atom stereocenters. The second-order valence-corrected chi connectivity index (χ2v) is 4.71. The Labute approximate surface area is 111 Å². The van der Waals surface area contributed by atoms with Crippen molar-refractivity contribution in [3.8, 4) is 0 Å². The van der Waals surface area contributed by atoms with Gasteiger partial charge in [-0.2, -0.15) is 0 Å². The highest BCUT2D eigenvalue weighted by Crippen LogP contribution is 2.18. The maximum Gasteiger partial charge on any atom is 0.0945 e. The first-order valence-electron chi connectivity index (χ1n) is 6.51. The van der Waals surface area contributed by atoms with Crippen LogP contribution in [0.4, 0.5) is 0 Å². The van der Waals surface area contributed by atoms with Crippen molar-refractivity contribution < 1.29 is 5.11 Å². The predicted molar refractivity (Wildman–Crippen MR) is 74.7 cm³/mol. The lowest BCUT2D eigenvalue weighted by Crippen LogP contribution is -2.01. The molecule has 1 aromatic carbocycles. The van der Waals surface area contributed by atoms with Gasteiger partial charge in [0.15, 0.2) is 0 Å². The van der Waals surface area contributed by atoms with Crippen molar-refractivity contribution in [3.05, 3.63) is 54.7 Å². The number of hydrogen-bond acceptors (Lipinski definition) is 2. The number of aryl methyl sites for hydroxylation is 2. The Kier molecular flexibility index (Phi) is 3.33. The van der Waals surface area contributed by atoms with Gasteiger partial charge in [-0.3, -0.25) is 0 Å². The molecular formula is C15H17N3O. The van der Waals surface area contributed by atoms with Crippen LogP contribution in [0.15, 0.2) is 49.2 Å². The Balaban J connectivity index is 1.71. The number of aliphatic hydroxyl groups excluding tert-OH is 1. The minimum Gasteiger partial charge on any atom is -0.392 e. The van der Waals surface area contributed by atoms with E-state index in [0.717, 1.165) is 25.1 Å². The second-order valence-electron chi connectivity index (χ2n) is 4.71. The van der Waals surface area contributed by atoms with Gasteiger partial charge in [-0.1, -0.05) is 6.07 Å². The van der Waals surface area contributed by atoms with E-state index in [0.29, 0.717) is 0 Å². The molecule has 4 nitrogen and oxygen atoms in total. The van der Waals surface area contributed by atoms with Crippen molar-refractivity contribution in [2.75, 3.05) is 0 Å². The summed E-state index contributed by atoms with van der Waals surface area (Å²) in [7, 11) is 0. The van der Waals surface area contributed by atoms with Crippen LogP contribution in [0.1, 0.15) is 12.0 Å². The smallest absolute Gasteiger partial charge is 0.0945 e. The Bertz CT molecular complexity index is 655. The Morgan fingerprint density at radius 3 is 2.84 bits per heavy atom. The third-order valence-corrected chi connectivity index (χ3v) is 3.39. The highest BCUT2D eigenvalue weighted by atomic mass is 16.3. The molecule has 0 atom stereocenters. The summed E-state index contributed by atoms with van der Waals surface area (Å²) < 4.78 is 4.35. The first-order valence-corrected chi connectivity index (χ1v) is 6.51. The largest absolute Gasteiger partial charge is 0.392 e. The fourth-order valence-corrected chi connectivity index (χ4v) is 2.39. The number of nitrogens with zero attached hydrogens (tertiary/aromatic N) is 3. The van der Waals surface area contributed by atoms with Crippen LogP contribution in [0, 0.1) is 0 Å². The van der Waals surface area contributed by atoms with Gasteiger partial charge in [0.2, 0.25) is 0 Å². The lowest BCUT2D eigenvalue weighted by molar-refractivity contribution is 0.282. The van der Waals surface area contributed by atoms with Crippen LogP contribution < -0.4 is 0 Å². The lowest BCUT2D eigenvalue weighted by atomic mass is 10.2. The highest BCUT2D eigenvalue weighted by Gasteiger charge is 2.02. The second kappa shape index (κ2) is 5.28. The Morgan fingerprint density at radius 1 is 1.11 bits per heavy atom. The third-order valence-electron chi connectivity index (χ3n) is 3.39. The molecule has 4 heteroatoms. The fraction of sp³-hybridized carbons (Fsp3) is 0.267. The van der Waals surface area contributed by atoms with E-state index in [1.165, 1.54) is 10.9 Å². The minimum atomic E-state index is 0.0990. The van der Waals surface area contributed by atoms with E-state index in [2.05, 4.69) is 32.4 Å². The quantitative estimate of drug-likeness (QED) is 0.761. The van der Waals surface area contributed by atoms with Crippen molar-refractivity contribution in [1.29, 1.82) is 0 Å². The molecule has 1 N–H and O–H groups in total. The van der Waals surface area contributed by atoms with Gasteiger partial charge in [0.05, 0.1) is 12.9 Å². The number of benzene rings is 1. The van der Waals surface area contributed by atoms with E-state index in [1.807, 2.05) is 30.9 Å². The zero-order valence-electron chi connectivity index (χ0n) is 10.7. The van der Waals surface area contributed by atoms with Gasteiger partial charge >= 0.3 is 0 Å².